The first kappa shape index (κ1) is 17.0. The van der Waals surface area contributed by atoms with Crippen LogP contribution < -0.4 is 11.3 Å². The van der Waals surface area contributed by atoms with Gasteiger partial charge in [-0.05, 0) is 18.9 Å². The van der Waals surface area contributed by atoms with Gasteiger partial charge in [0.2, 0.25) is 11.8 Å². The Morgan fingerprint density at radius 1 is 1.30 bits per heavy atom. The second kappa shape index (κ2) is 6.43. The number of amides is 2. The highest BCUT2D eigenvalue weighted by Gasteiger charge is 2.32. The summed E-state index contributed by atoms with van der Waals surface area (Å²) in [6, 6.07) is 1.45. The summed E-state index contributed by atoms with van der Waals surface area (Å²) < 4.78 is 38.7. The Balaban J connectivity index is 2.14. The molecule has 0 aromatic carbocycles. The fourth-order valence-corrected chi connectivity index (χ4v) is 2.50. The summed E-state index contributed by atoms with van der Waals surface area (Å²) in [4.78, 5) is 36.4. The maximum atomic E-state index is 12.7. The van der Waals surface area contributed by atoms with Gasteiger partial charge in [-0.25, -0.2) is 0 Å². The predicted octanol–water partition coefficient (Wildman–Crippen LogP) is 0.591. The molecule has 9 heteroatoms. The topological polar surface area (TPSA) is 85.4 Å². The summed E-state index contributed by atoms with van der Waals surface area (Å²) in [5.74, 6) is -1.50. The summed E-state index contributed by atoms with van der Waals surface area (Å²) in [6.07, 6.45) is -2.82. The number of carbonyl (C=O) groups is 2. The molecule has 2 N–H and O–H groups in total. The van der Waals surface area contributed by atoms with Crippen molar-refractivity contribution in [1.82, 2.24) is 9.47 Å². The van der Waals surface area contributed by atoms with E-state index >= 15 is 0 Å². The monoisotopic (exact) mass is 331 g/mol. The molecule has 0 spiro atoms. The standard InChI is InChI=1S/C14H16F3N3O3/c15-14(16,17)10-3-4-11(21)20(7-10)8-12(22)19-5-1-2-9(6-19)13(18)23/h3-4,7,9H,1-2,5-6,8H2,(H2,18,23)/t9-/m0/s1. The van der Waals surface area contributed by atoms with E-state index in [0.717, 1.165) is 10.6 Å². The van der Waals surface area contributed by atoms with Gasteiger partial charge in [0.25, 0.3) is 5.56 Å². The fraction of sp³-hybridized carbons (Fsp3) is 0.500. The quantitative estimate of drug-likeness (QED) is 0.880. The lowest BCUT2D eigenvalue weighted by Gasteiger charge is -2.31. The van der Waals surface area contributed by atoms with E-state index in [1.165, 1.54) is 4.90 Å². The molecule has 1 aliphatic rings. The molecule has 2 rings (SSSR count). The Kier molecular flexibility index (Phi) is 4.76. The van der Waals surface area contributed by atoms with Crippen molar-refractivity contribution in [1.29, 1.82) is 0 Å². The van der Waals surface area contributed by atoms with Gasteiger partial charge in [-0.3, -0.25) is 14.4 Å². The van der Waals surface area contributed by atoms with E-state index in [1.54, 1.807) is 0 Å². The molecule has 6 nitrogen and oxygen atoms in total. The zero-order valence-electron chi connectivity index (χ0n) is 12.2. The molecule has 0 bridgehead atoms. The third-order valence-electron chi connectivity index (χ3n) is 3.79. The molecule has 1 aromatic rings. The molecule has 1 aliphatic heterocycles. The Hall–Kier alpha value is -2.32. The van der Waals surface area contributed by atoms with E-state index in [-0.39, 0.29) is 6.54 Å². The zero-order chi connectivity index (χ0) is 17.2. The van der Waals surface area contributed by atoms with Crippen LogP contribution in [0.1, 0.15) is 18.4 Å². The number of pyridine rings is 1. The minimum absolute atomic E-state index is 0.127. The number of carbonyl (C=O) groups excluding carboxylic acids is 2. The van der Waals surface area contributed by atoms with Gasteiger partial charge >= 0.3 is 6.18 Å². The smallest absolute Gasteiger partial charge is 0.369 e. The number of aromatic nitrogens is 1. The zero-order valence-corrected chi connectivity index (χ0v) is 12.2. The highest BCUT2D eigenvalue weighted by atomic mass is 19.4. The Bertz CT molecular complexity index is 669. The van der Waals surface area contributed by atoms with Gasteiger partial charge in [-0.15, -0.1) is 0 Å². The molecule has 0 aliphatic carbocycles. The van der Waals surface area contributed by atoms with Crippen LogP contribution in [0.15, 0.2) is 23.1 Å². The van der Waals surface area contributed by atoms with Crippen molar-refractivity contribution < 1.29 is 22.8 Å². The van der Waals surface area contributed by atoms with Gasteiger partial charge in [0.05, 0.1) is 11.5 Å². The van der Waals surface area contributed by atoms with Crippen molar-refractivity contribution >= 4 is 11.8 Å². The molecule has 0 unspecified atom stereocenters. The van der Waals surface area contributed by atoms with Crippen molar-refractivity contribution in [3.05, 3.63) is 34.2 Å². The van der Waals surface area contributed by atoms with Gasteiger partial charge in [0.15, 0.2) is 0 Å². The van der Waals surface area contributed by atoms with E-state index < -0.39 is 41.6 Å². The van der Waals surface area contributed by atoms with Crippen molar-refractivity contribution in [3.63, 3.8) is 0 Å². The number of alkyl halides is 3. The molecule has 2 amide bonds. The number of likely N-dealkylation sites (tertiary alicyclic amines) is 1. The highest BCUT2D eigenvalue weighted by Crippen LogP contribution is 2.28. The summed E-state index contributed by atoms with van der Waals surface area (Å²) >= 11 is 0. The van der Waals surface area contributed by atoms with Gasteiger partial charge in [-0.2, -0.15) is 13.2 Å². The van der Waals surface area contributed by atoms with E-state index in [4.69, 9.17) is 5.73 Å². The fourth-order valence-electron chi connectivity index (χ4n) is 2.50. The first-order valence-corrected chi connectivity index (χ1v) is 7.03. The van der Waals surface area contributed by atoms with E-state index in [2.05, 4.69) is 0 Å². The van der Waals surface area contributed by atoms with Gasteiger partial charge in [0.1, 0.15) is 6.54 Å². The van der Waals surface area contributed by atoms with Crippen LogP contribution in [-0.4, -0.2) is 34.4 Å². The molecule has 23 heavy (non-hydrogen) atoms. The molecule has 1 atom stereocenters. The molecule has 2 heterocycles. The molecular formula is C14H16F3N3O3. The third kappa shape index (κ3) is 4.11. The largest absolute Gasteiger partial charge is 0.417 e. The normalized spacial score (nSPS) is 18.7. The molecular weight excluding hydrogens is 315 g/mol. The highest BCUT2D eigenvalue weighted by molar-refractivity contribution is 5.80. The average Bonchev–Trinajstić information content (AvgIpc) is 2.48. The Morgan fingerprint density at radius 3 is 2.61 bits per heavy atom. The van der Waals surface area contributed by atoms with Crippen LogP contribution in [0.5, 0.6) is 0 Å². The van der Waals surface area contributed by atoms with Crippen molar-refractivity contribution in [2.24, 2.45) is 11.7 Å². The lowest BCUT2D eigenvalue weighted by atomic mass is 9.97. The van der Waals surface area contributed by atoms with Gasteiger partial charge < -0.3 is 15.2 Å². The van der Waals surface area contributed by atoms with E-state index in [9.17, 15) is 27.6 Å². The summed E-state index contributed by atoms with van der Waals surface area (Å²) in [6.45, 7) is 0.00639. The van der Waals surface area contributed by atoms with Crippen LogP contribution in [-0.2, 0) is 22.3 Å². The number of halogens is 3. The molecule has 1 fully saturated rings. The van der Waals surface area contributed by atoms with Crippen LogP contribution in [0, 0.1) is 5.92 Å². The van der Waals surface area contributed by atoms with E-state index in [1.807, 2.05) is 0 Å². The van der Waals surface area contributed by atoms with Crippen LogP contribution in [0.3, 0.4) is 0 Å². The predicted molar refractivity (Wildman–Crippen MR) is 74.2 cm³/mol. The summed E-state index contributed by atoms with van der Waals surface area (Å²) in [5, 5.41) is 0. The first-order valence-electron chi connectivity index (χ1n) is 7.03. The SMILES string of the molecule is NC(=O)[C@H]1CCCN(C(=O)Cn2cc(C(F)(F)F)ccc2=O)C1. The summed E-state index contributed by atoms with van der Waals surface area (Å²) in [5.41, 5.74) is 3.52. The Morgan fingerprint density at radius 2 is 2.00 bits per heavy atom. The van der Waals surface area contributed by atoms with Crippen LogP contribution in [0.25, 0.3) is 0 Å². The lowest BCUT2D eigenvalue weighted by Crippen LogP contribution is -2.45. The minimum atomic E-state index is -4.60. The van der Waals surface area contributed by atoms with Gasteiger partial charge in [-0.1, -0.05) is 0 Å². The number of nitrogens with zero attached hydrogens (tertiary/aromatic N) is 2. The number of nitrogens with two attached hydrogens (primary N) is 1. The lowest BCUT2D eigenvalue weighted by molar-refractivity contribution is -0.139. The molecule has 1 aromatic heterocycles. The number of primary amides is 1. The molecule has 126 valence electrons. The maximum Gasteiger partial charge on any atom is 0.417 e. The molecule has 0 radical (unpaired) electrons. The van der Waals surface area contributed by atoms with Crippen molar-refractivity contribution in [3.8, 4) is 0 Å². The number of piperidine rings is 1. The molecule has 0 saturated carbocycles. The van der Waals surface area contributed by atoms with Gasteiger partial charge in [0, 0.05) is 25.4 Å². The molecule has 1 saturated heterocycles. The second-order valence-corrected chi connectivity index (χ2v) is 5.46. The Labute approximate surface area is 129 Å². The van der Waals surface area contributed by atoms with E-state index in [0.29, 0.717) is 31.6 Å². The third-order valence-corrected chi connectivity index (χ3v) is 3.79. The minimum Gasteiger partial charge on any atom is -0.369 e. The number of hydrogen-bond donors (Lipinski definition) is 1. The summed E-state index contributed by atoms with van der Waals surface area (Å²) in [7, 11) is 0. The second-order valence-electron chi connectivity index (χ2n) is 5.46. The maximum absolute atomic E-state index is 12.7. The van der Waals surface area contributed by atoms with Crippen LogP contribution in [0.2, 0.25) is 0 Å². The van der Waals surface area contributed by atoms with Crippen LogP contribution in [0.4, 0.5) is 13.2 Å². The number of hydrogen-bond acceptors (Lipinski definition) is 3. The van der Waals surface area contributed by atoms with Crippen molar-refractivity contribution in [2.75, 3.05) is 13.1 Å². The number of rotatable bonds is 3. The first-order chi connectivity index (χ1) is 10.7. The average molecular weight is 331 g/mol. The van der Waals surface area contributed by atoms with Crippen LogP contribution >= 0.6 is 0 Å². The van der Waals surface area contributed by atoms with Crippen molar-refractivity contribution in [2.45, 2.75) is 25.6 Å².